The van der Waals surface area contributed by atoms with E-state index in [1.54, 1.807) is 0 Å². The number of aromatic nitrogens is 4. The third-order valence-corrected chi connectivity index (χ3v) is 3.34. The molecule has 2 aromatic rings. The second kappa shape index (κ2) is 4.85. The molecule has 1 aliphatic heterocycles. The monoisotopic (exact) mass is 289 g/mol. The third kappa shape index (κ3) is 2.29. The number of hydrogen-bond acceptors (Lipinski definition) is 5. The Morgan fingerprint density at radius 3 is 2.86 bits per heavy atom. The molecule has 9 heteroatoms. The highest BCUT2D eigenvalue weighted by molar-refractivity contribution is 5.95. The molecule has 0 fully saturated rings. The molecule has 1 aliphatic rings. The molecule has 0 radical (unpaired) electrons. The molecule has 9 nitrogen and oxygen atoms in total. The van der Waals surface area contributed by atoms with Crippen molar-refractivity contribution in [2.24, 2.45) is 0 Å². The number of aliphatic carboxylic acids is 1. The Kier molecular flexibility index (Phi) is 3.01. The maximum absolute atomic E-state index is 12.4. The summed E-state index contributed by atoms with van der Waals surface area (Å²) in [5.41, 5.74) is 0.894. The molecule has 1 unspecified atom stereocenters. The molecule has 0 spiro atoms. The van der Waals surface area contributed by atoms with Gasteiger partial charge in [-0.25, -0.2) is 14.9 Å². The Morgan fingerprint density at radius 1 is 1.38 bits per heavy atom. The summed E-state index contributed by atoms with van der Waals surface area (Å²) in [7, 11) is 0. The van der Waals surface area contributed by atoms with Crippen LogP contribution in [0.1, 0.15) is 21.9 Å². The van der Waals surface area contributed by atoms with E-state index in [1.165, 1.54) is 23.4 Å². The standard InChI is InChI=1S/C12H11N5O4/c18-10-2-1-6(15-16-10)11(19)17-4-8-7(13-5-14-8)3-9(17)12(20)21/h1-2,5,9H,3-4H2,(H,13,14)(H,16,18)(H,20,21). The van der Waals surface area contributed by atoms with Crippen LogP contribution >= 0.6 is 0 Å². The van der Waals surface area contributed by atoms with Gasteiger partial charge in [-0.1, -0.05) is 0 Å². The number of rotatable bonds is 2. The molecule has 0 aliphatic carbocycles. The third-order valence-electron chi connectivity index (χ3n) is 3.34. The molecule has 21 heavy (non-hydrogen) atoms. The molecule has 3 N–H and O–H groups in total. The number of imidazole rings is 1. The number of carboxylic acids is 1. The number of amides is 1. The topological polar surface area (TPSA) is 132 Å². The van der Waals surface area contributed by atoms with Crippen LogP contribution in [-0.4, -0.2) is 48.1 Å². The quantitative estimate of drug-likeness (QED) is 0.659. The van der Waals surface area contributed by atoms with Crippen LogP contribution in [0.5, 0.6) is 0 Å². The van der Waals surface area contributed by atoms with Gasteiger partial charge in [-0.05, 0) is 6.07 Å². The van der Waals surface area contributed by atoms with Crippen LogP contribution in [0, 0.1) is 0 Å². The maximum Gasteiger partial charge on any atom is 0.326 e. The number of carbonyl (C=O) groups excluding carboxylic acids is 1. The van der Waals surface area contributed by atoms with Crippen molar-refractivity contribution in [3.05, 3.63) is 45.9 Å². The van der Waals surface area contributed by atoms with Crippen molar-refractivity contribution in [2.75, 3.05) is 0 Å². The summed E-state index contributed by atoms with van der Waals surface area (Å²) in [5.74, 6) is -1.67. The molecule has 3 rings (SSSR count). The predicted octanol–water partition coefficient (Wildman–Crippen LogP) is -0.855. The van der Waals surface area contributed by atoms with Gasteiger partial charge in [-0.2, -0.15) is 5.10 Å². The zero-order valence-corrected chi connectivity index (χ0v) is 10.7. The molecular formula is C12H11N5O4. The van der Waals surface area contributed by atoms with Crippen molar-refractivity contribution in [1.29, 1.82) is 0 Å². The molecule has 108 valence electrons. The number of H-pyrrole nitrogens is 2. The minimum Gasteiger partial charge on any atom is -0.480 e. The van der Waals surface area contributed by atoms with Gasteiger partial charge in [0, 0.05) is 12.5 Å². The lowest BCUT2D eigenvalue weighted by Crippen LogP contribution is -2.49. The van der Waals surface area contributed by atoms with E-state index in [-0.39, 0.29) is 18.7 Å². The predicted molar refractivity (Wildman–Crippen MR) is 68.4 cm³/mol. The Bertz CT molecular complexity index is 745. The van der Waals surface area contributed by atoms with E-state index >= 15 is 0 Å². The number of carboxylic acid groups (broad SMARTS) is 1. The molecule has 2 aromatic heterocycles. The molecule has 0 aromatic carbocycles. The van der Waals surface area contributed by atoms with Gasteiger partial charge in [0.2, 0.25) is 0 Å². The molecule has 1 amide bonds. The fraction of sp³-hybridized carbons (Fsp3) is 0.250. The van der Waals surface area contributed by atoms with E-state index in [2.05, 4.69) is 20.2 Å². The summed E-state index contributed by atoms with van der Waals surface area (Å²) in [6, 6.07) is 1.42. The van der Waals surface area contributed by atoms with Gasteiger partial charge in [0.25, 0.3) is 11.5 Å². The van der Waals surface area contributed by atoms with Gasteiger partial charge < -0.3 is 15.0 Å². The summed E-state index contributed by atoms with van der Waals surface area (Å²) in [4.78, 5) is 42.9. The minimum atomic E-state index is -1.11. The summed E-state index contributed by atoms with van der Waals surface area (Å²) in [5, 5.41) is 15.1. The molecule has 1 atom stereocenters. The Hall–Kier alpha value is -2.97. The summed E-state index contributed by atoms with van der Waals surface area (Å²) in [6.07, 6.45) is 1.60. The number of hydrogen-bond donors (Lipinski definition) is 3. The Labute approximate surface area is 117 Å². The van der Waals surface area contributed by atoms with E-state index in [4.69, 9.17) is 0 Å². The number of fused-ring (bicyclic) bond motifs is 1. The fourth-order valence-corrected chi connectivity index (χ4v) is 2.28. The van der Waals surface area contributed by atoms with Gasteiger partial charge >= 0.3 is 5.97 Å². The van der Waals surface area contributed by atoms with Crippen molar-refractivity contribution in [3.63, 3.8) is 0 Å². The van der Waals surface area contributed by atoms with Gasteiger partial charge in [0.05, 0.1) is 24.3 Å². The average molecular weight is 289 g/mol. The van der Waals surface area contributed by atoms with Crippen LogP contribution in [-0.2, 0) is 17.8 Å². The summed E-state index contributed by atoms with van der Waals surface area (Å²) >= 11 is 0. The Morgan fingerprint density at radius 2 is 2.19 bits per heavy atom. The maximum atomic E-state index is 12.4. The van der Waals surface area contributed by atoms with Crippen LogP contribution in [0.25, 0.3) is 0 Å². The van der Waals surface area contributed by atoms with Gasteiger partial charge in [0.1, 0.15) is 11.7 Å². The van der Waals surface area contributed by atoms with Gasteiger partial charge in [0.15, 0.2) is 0 Å². The van der Waals surface area contributed by atoms with Crippen molar-refractivity contribution < 1.29 is 14.7 Å². The first-order valence-electron chi connectivity index (χ1n) is 6.17. The lowest BCUT2D eigenvalue weighted by molar-refractivity contribution is -0.142. The smallest absolute Gasteiger partial charge is 0.326 e. The molecule has 0 saturated carbocycles. The van der Waals surface area contributed by atoms with Crippen molar-refractivity contribution in [1.82, 2.24) is 25.1 Å². The molecule has 0 saturated heterocycles. The summed E-state index contributed by atoms with van der Waals surface area (Å²) in [6.45, 7) is 0.103. The summed E-state index contributed by atoms with van der Waals surface area (Å²) < 4.78 is 0. The highest BCUT2D eigenvalue weighted by Crippen LogP contribution is 2.22. The first-order chi connectivity index (χ1) is 10.1. The van der Waals surface area contributed by atoms with E-state index in [9.17, 15) is 19.5 Å². The SMILES string of the molecule is O=C(O)C1Cc2nc[nH]c2CN1C(=O)c1ccc(=O)[nH]n1. The highest BCUT2D eigenvalue weighted by Gasteiger charge is 2.36. The first kappa shape index (κ1) is 13.0. The van der Waals surface area contributed by atoms with Crippen molar-refractivity contribution >= 4 is 11.9 Å². The normalized spacial score (nSPS) is 17.3. The first-order valence-corrected chi connectivity index (χ1v) is 6.17. The molecule has 0 bridgehead atoms. The average Bonchev–Trinajstić information content (AvgIpc) is 2.93. The van der Waals surface area contributed by atoms with E-state index in [1.807, 2.05) is 0 Å². The largest absolute Gasteiger partial charge is 0.480 e. The van der Waals surface area contributed by atoms with Gasteiger partial charge in [-0.3, -0.25) is 9.59 Å². The molecular weight excluding hydrogens is 278 g/mol. The van der Waals surface area contributed by atoms with E-state index in [0.717, 1.165) is 0 Å². The zero-order chi connectivity index (χ0) is 15.0. The van der Waals surface area contributed by atoms with Crippen LogP contribution in [0.15, 0.2) is 23.3 Å². The zero-order valence-electron chi connectivity index (χ0n) is 10.7. The van der Waals surface area contributed by atoms with Gasteiger partial charge in [-0.15, -0.1) is 0 Å². The number of nitrogens with one attached hydrogen (secondary N) is 2. The minimum absolute atomic E-state index is 0.0104. The van der Waals surface area contributed by atoms with E-state index < -0.39 is 23.5 Å². The highest BCUT2D eigenvalue weighted by atomic mass is 16.4. The van der Waals surface area contributed by atoms with Crippen molar-refractivity contribution in [3.8, 4) is 0 Å². The van der Waals surface area contributed by atoms with Crippen molar-refractivity contribution in [2.45, 2.75) is 19.0 Å². The lowest BCUT2D eigenvalue weighted by atomic mass is 10.0. The van der Waals surface area contributed by atoms with Crippen LogP contribution in [0.4, 0.5) is 0 Å². The second-order valence-electron chi connectivity index (χ2n) is 4.63. The van der Waals surface area contributed by atoms with Crippen LogP contribution in [0.3, 0.4) is 0 Å². The number of aromatic amines is 2. The molecule has 3 heterocycles. The second-order valence-corrected chi connectivity index (χ2v) is 4.63. The Balaban J connectivity index is 1.95. The fourth-order valence-electron chi connectivity index (χ4n) is 2.28. The lowest BCUT2D eigenvalue weighted by Gasteiger charge is -2.31. The van der Waals surface area contributed by atoms with Crippen LogP contribution < -0.4 is 5.56 Å². The van der Waals surface area contributed by atoms with Crippen LogP contribution in [0.2, 0.25) is 0 Å². The van der Waals surface area contributed by atoms with E-state index in [0.29, 0.717) is 11.4 Å². The number of carbonyl (C=O) groups is 2. The number of nitrogens with zero attached hydrogens (tertiary/aromatic N) is 3.